The molecule has 1 N–H and O–H groups in total. The van der Waals surface area contributed by atoms with E-state index in [4.69, 9.17) is 16.3 Å². The van der Waals surface area contributed by atoms with Gasteiger partial charge in [-0.2, -0.15) is 0 Å². The summed E-state index contributed by atoms with van der Waals surface area (Å²) < 4.78 is 18.9. The average molecular weight is 435 g/mol. The number of carbonyl (C=O) groups is 2. The third-order valence-corrected chi connectivity index (χ3v) is 5.35. The van der Waals surface area contributed by atoms with Crippen molar-refractivity contribution < 1.29 is 18.7 Å². The lowest BCUT2D eigenvalue weighted by Gasteiger charge is -2.29. The lowest BCUT2D eigenvalue weighted by molar-refractivity contribution is -0.142. The van der Waals surface area contributed by atoms with Gasteiger partial charge in [0, 0.05) is 17.6 Å². The fraction of sp³-hybridized carbons (Fsp3) is 0.391. The molecule has 7 heteroatoms. The van der Waals surface area contributed by atoms with E-state index in [1.54, 1.807) is 37.3 Å². The van der Waals surface area contributed by atoms with E-state index in [0.29, 0.717) is 10.8 Å². The van der Waals surface area contributed by atoms with Crippen LogP contribution in [0.15, 0.2) is 42.5 Å². The van der Waals surface area contributed by atoms with E-state index in [9.17, 15) is 14.0 Å². The van der Waals surface area contributed by atoms with E-state index >= 15 is 0 Å². The molecule has 0 aromatic heterocycles. The molecule has 0 aliphatic carbocycles. The van der Waals surface area contributed by atoms with Crippen molar-refractivity contribution in [3.8, 4) is 5.75 Å². The summed E-state index contributed by atoms with van der Waals surface area (Å²) in [7, 11) is 0. The molecule has 162 valence electrons. The van der Waals surface area contributed by atoms with Crippen LogP contribution in [0.3, 0.4) is 0 Å². The average Bonchev–Trinajstić information content (AvgIpc) is 2.73. The normalized spacial score (nSPS) is 12.7. The predicted octanol–water partition coefficient (Wildman–Crippen LogP) is 4.50. The number of carbonyl (C=O) groups excluding carboxylic acids is 2. The van der Waals surface area contributed by atoms with Gasteiger partial charge in [-0.25, -0.2) is 4.39 Å². The number of amides is 2. The highest BCUT2D eigenvalue weighted by molar-refractivity contribution is 6.31. The van der Waals surface area contributed by atoms with Crippen molar-refractivity contribution in [2.24, 2.45) is 0 Å². The molecule has 5 nitrogen and oxygen atoms in total. The van der Waals surface area contributed by atoms with Crippen LogP contribution in [-0.4, -0.2) is 35.4 Å². The van der Waals surface area contributed by atoms with Gasteiger partial charge in [0.05, 0.1) is 0 Å². The number of aryl methyl sites for hydroxylation is 1. The highest BCUT2D eigenvalue weighted by atomic mass is 35.5. The van der Waals surface area contributed by atoms with Gasteiger partial charge in [-0.3, -0.25) is 9.59 Å². The van der Waals surface area contributed by atoms with Crippen LogP contribution in [-0.2, 0) is 16.1 Å². The van der Waals surface area contributed by atoms with Crippen LogP contribution in [0, 0.1) is 12.7 Å². The molecule has 30 heavy (non-hydrogen) atoms. The summed E-state index contributed by atoms with van der Waals surface area (Å²) in [6.07, 6.45) is 0.781. The van der Waals surface area contributed by atoms with Crippen LogP contribution in [0.2, 0.25) is 5.02 Å². The van der Waals surface area contributed by atoms with Crippen molar-refractivity contribution in [3.05, 3.63) is 64.4 Å². The van der Waals surface area contributed by atoms with Crippen LogP contribution in [0.1, 0.15) is 38.3 Å². The molecule has 0 saturated carbocycles. The minimum Gasteiger partial charge on any atom is -0.484 e. The zero-order chi connectivity index (χ0) is 22.3. The third-order valence-electron chi connectivity index (χ3n) is 4.93. The summed E-state index contributed by atoms with van der Waals surface area (Å²) in [6, 6.07) is 10.3. The Balaban J connectivity index is 2.15. The molecular weight excluding hydrogens is 407 g/mol. The van der Waals surface area contributed by atoms with Crippen molar-refractivity contribution >= 4 is 23.4 Å². The number of nitrogens with one attached hydrogen (secondary N) is 1. The Labute approximate surface area is 182 Å². The molecule has 2 atom stereocenters. The number of halogens is 2. The van der Waals surface area contributed by atoms with Gasteiger partial charge in [0.1, 0.15) is 17.6 Å². The highest BCUT2D eigenvalue weighted by Crippen LogP contribution is 2.21. The maximum absolute atomic E-state index is 13.2. The summed E-state index contributed by atoms with van der Waals surface area (Å²) in [5.74, 6) is -0.440. The second-order valence-electron chi connectivity index (χ2n) is 7.34. The lowest BCUT2D eigenvalue weighted by Crippen LogP contribution is -2.50. The van der Waals surface area contributed by atoms with Crippen LogP contribution in [0.25, 0.3) is 0 Å². The van der Waals surface area contributed by atoms with E-state index in [1.165, 1.54) is 17.0 Å². The Hall–Kier alpha value is -2.60. The maximum atomic E-state index is 13.2. The summed E-state index contributed by atoms with van der Waals surface area (Å²) in [6.45, 7) is 7.33. The second kappa shape index (κ2) is 11.0. The molecule has 2 aromatic carbocycles. The molecule has 0 spiro atoms. The van der Waals surface area contributed by atoms with Gasteiger partial charge in [0.25, 0.3) is 5.91 Å². The highest BCUT2D eigenvalue weighted by Gasteiger charge is 2.27. The first-order chi connectivity index (χ1) is 14.2. The summed E-state index contributed by atoms with van der Waals surface area (Å²) in [5, 5.41) is 3.51. The molecule has 0 fully saturated rings. The molecule has 0 heterocycles. The second-order valence-corrected chi connectivity index (χ2v) is 7.75. The SMILES string of the molecule is CC[C@@H](C)NC(=O)[C@H](C)N(Cc1ccc(F)cc1)C(=O)COc1ccc(Cl)c(C)c1. The fourth-order valence-electron chi connectivity index (χ4n) is 2.77. The van der Waals surface area contributed by atoms with Gasteiger partial charge in [0.15, 0.2) is 6.61 Å². The van der Waals surface area contributed by atoms with Gasteiger partial charge in [-0.15, -0.1) is 0 Å². The van der Waals surface area contributed by atoms with E-state index in [-0.39, 0.29) is 36.8 Å². The molecule has 0 bridgehead atoms. The van der Waals surface area contributed by atoms with E-state index in [1.807, 2.05) is 20.8 Å². The van der Waals surface area contributed by atoms with Gasteiger partial charge in [-0.1, -0.05) is 30.7 Å². The Kier molecular flexibility index (Phi) is 8.66. The Morgan fingerprint density at radius 2 is 1.83 bits per heavy atom. The van der Waals surface area contributed by atoms with E-state index < -0.39 is 6.04 Å². The molecule has 2 aromatic rings. The minimum absolute atomic E-state index is 0.00369. The summed E-state index contributed by atoms with van der Waals surface area (Å²) >= 11 is 6.02. The fourth-order valence-corrected chi connectivity index (χ4v) is 2.89. The molecule has 0 aliphatic rings. The summed E-state index contributed by atoms with van der Waals surface area (Å²) in [4.78, 5) is 27.0. The lowest BCUT2D eigenvalue weighted by atomic mass is 10.1. The van der Waals surface area contributed by atoms with Gasteiger partial charge >= 0.3 is 0 Å². The molecule has 2 rings (SSSR count). The minimum atomic E-state index is -0.716. The van der Waals surface area contributed by atoms with Gasteiger partial charge in [-0.05, 0) is 68.7 Å². The Morgan fingerprint density at radius 3 is 2.43 bits per heavy atom. The first-order valence-electron chi connectivity index (χ1n) is 9.94. The number of hydrogen-bond acceptors (Lipinski definition) is 3. The largest absolute Gasteiger partial charge is 0.484 e. The molecule has 0 saturated heterocycles. The number of rotatable bonds is 9. The number of nitrogens with zero attached hydrogens (tertiary/aromatic N) is 1. The third kappa shape index (κ3) is 6.73. The van der Waals surface area contributed by atoms with Crippen LogP contribution in [0.4, 0.5) is 4.39 Å². The van der Waals surface area contributed by atoms with Crippen LogP contribution >= 0.6 is 11.6 Å². The van der Waals surface area contributed by atoms with Gasteiger partial charge in [0.2, 0.25) is 5.91 Å². The maximum Gasteiger partial charge on any atom is 0.261 e. The zero-order valence-corrected chi connectivity index (χ0v) is 18.5. The van der Waals surface area contributed by atoms with Crippen LogP contribution < -0.4 is 10.1 Å². The van der Waals surface area contributed by atoms with Crippen molar-refractivity contribution in [2.75, 3.05) is 6.61 Å². The molecule has 0 aliphatic heterocycles. The van der Waals surface area contributed by atoms with Crippen LogP contribution in [0.5, 0.6) is 5.75 Å². The van der Waals surface area contributed by atoms with Crippen molar-refractivity contribution in [1.29, 1.82) is 0 Å². The predicted molar refractivity (Wildman–Crippen MR) is 116 cm³/mol. The smallest absolute Gasteiger partial charge is 0.261 e. The Morgan fingerprint density at radius 1 is 1.17 bits per heavy atom. The van der Waals surface area contributed by atoms with E-state index in [0.717, 1.165) is 17.5 Å². The monoisotopic (exact) mass is 434 g/mol. The first kappa shape index (κ1) is 23.7. The number of hydrogen-bond donors (Lipinski definition) is 1. The number of benzene rings is 2. The summed E-state index contributed by atoms with van der Waals surface area (Å²) in [5.41, 5.74) is 1.56. The van der Waals surface area contributed by atoms with Crippen molar-refractivity contribution in [3.63, 3.8) is 0 Å². The standard InChI is InChI=1S/C23H28ClFN2O3/c1-5-16(3)26-23(29)17(4)27(13-18-6-8-19(25)9-7-18)22(28)14-30-20-10-11-21(24)15(2)12-20/h6-12,16-17H,5,13-14H2,1-4H3,(H,26,29)/t16-,17+/m1/s1. The zero-order valence-electron chi connectivity index (χ0n) is 17.7. The molecule has 2 amide bonds. The molecule has 0 radical (unpaired) electrons. The molecule has 0 unspecified atom stereocenters. The topological polar surface area (TPSA) is 58.6 Å². The molecular formula is C23H28ClFN2O3. The number of ether oxygens (including phenoxy) is 1. The Bertz CT molecular complexity index is 873. The van der Waals surface area contributed by atoms with Gasteiger partial charge < -0.3 is 15.0 Å². The first-order valence-corrected chi connectivity index (χ1v) is 10.3. The van der Waals surface area contributed by atoms with Crippen molar-refractivity contribution in [2.45, 2.75) is 52.7 Å². The van der Waals surface area contributed by atoms with E-state index in [2.05, 4.69) is 5.32 Å². The van der Waals surface area contributed by atoms with Crippen molar-refractivity contribution in [1.82, 2.24) is 10.2 Å². The quantitative estimate of drug-likeness (QED) is 0.632.